The predicted molar refractivity (Wildman–Crippen MR) is 263 cm³/mol. The summed E-state index contributed by atoms with van der Waals surface area (Å²) in [5.74, 6) is 0. The minimum absolute atomic E-state index is 0.145. The molecule has 0 radical (unpaired) electrons. The molecule has 0 unspecified atom stereocenters. The van der Waals surface area contributed by atoms with Gasteiger partial charge in [-0.1, -0.05) is 202 Å². The van der Waals surface area contributed by atoms with Crippen LogP contribution in [-0.4, -0.2) is 0 Å². The van der Waals surface area contributed by atoms with Gasteiger partial charge in [-0.3, -0.25) is 0 Å². The Kier molecular flexibility index (Phi) is 5.25. The molecule has 62 heavy (non-hydrogen) atoms. The van der Waals surface area contributed by atoms with Gasteiger partial charge in [-0.15, -0.1) is 0 Å². The van der Waals surface area contributed by atoms with E-state index in [-0.39, 0.29) is 16.7 Å². The van der Waals surface area contributed by atoms with Crippen molar-refractivity contribution in [1.29, 1.82) is 0 Å². The van der Waals surface area contributed by atoms with Gasteiger partial charge in [0.1, 0.15) is 0 Å². The molecule has 0 amide bonds. The minimum Gasteiger partial charge on any atom is -0.311 e. The molecule has 10 aromatic rings. The summed E-state index contributed by atoms with van der Waals surface area (Å²) in [5.41, 5.74) is -1.05. The van der Waals surface area contributed by atoms with Crippen LogP contribution in [0, 0.1) is 0 Å². The number of fused-ring (bicyclic) bond motifs is 4. The van der Waals surface area contributed by atoms with Gasteiger partial charge in [0.05, 0.1) is 28.8 Å². The molecule has 0 aliphatic heterocycles. The number of rotatable bonds is 8. The Labute approximate surface area is 394 Å². The van der Waals surface area contributed by atoms with Crippen LogP contribution in [0.4, 0.5) is 17.1 Å². The second kappa shape index (κ2) is 15.4. The standard InChI is InChI=1S/C61H45N/c1-61(2)59-21-9-8-18-57(59)58-20-11-19-56(60(58)61)48-32-38-55(39-33-48)62(53-34-28-46(29-35-53)45-24-22-44(23-25-45)42-12-4-3-5-13-42)54-36-30-47(31-37-54)50-16-10-17-51(40-50)52-27-26-43-14-6-7-15-49(43)41-52/h3-41H,1-2H3/i3D,4D,5D,12D,13D,22D,23D,24D,25D,28D,29D,30D,31D,32D,33D,34D,35D,36D,37D,38D,39D. The molecule has 11 rings (SSSR count). The van der Waals surface area contributed by atoms with Crippen LogP contribution >= 0.6 is 0 Å². The van der Waals surface area contributed by atoms with Crippen molar-refractivity contribution in [3.63, 3.8) is 0 Å². The van der Waals surface area contributed by atoms with E-state index in [0.29, 0.717) is 21.6 Å². The third kappa shape index (κ3) is 6.69. The molecule has 1 nitrogen and oxygen atoms in total. The van der Waals surface area contributed by atoms with Crippen molar-refractivity contribution >= 4 is 27.8 Å². The molecule has 0 spiro atoms. The first-order chi connectivity index (χ1) is 39.3. The molecule has 294 valence electrons. The molecule has 0 saturated carbocycles. The van der Waals surface area contributed by atoms with Gasteiger partial charge in [0.25, 0.3) is 0 Å². The highest BCUT2D eigenvalue weighted by Gasteiger charge is 2.37. The first kappa shape index (κ1) is 21.2. The summed E-state index contributed by atoms with van der Waals surface area (Å²) >= 11 is 0. The highest BCUT2D eigenvalue weighted by Crippen LogP contribution is 2.52. The van der Waals surface area contributed by atoms with E-state index in [9.17, 15) is 16.4 Å². The highest BCUT2D eigenvalue weighted by molar-refractivity contribution is 5.90. The molecule has 0 saturated heterocycles. The average molecular weight is 813 g/mol. The van der Waals surface area contributed by atoms with Crippen molar-refractivity contribution < 1.29 is 28.8 Å². The summed E-state index contributed by atoms with van der Waals surface area (Å²) in [7, 11) is 0. The molecule has 0 fully saturated rings. The van der Waals surface area contributed by atoms with E-state index in [4.69, 9.17) is 12.3 Å². The van der Waals surface area contributed by atoms with Crippen LogP contribution in [0.1, 0.15) is 53.8 Å². The topological polar surface area (TPSA) is 3.24 Å². The Balaban J connectivity index is 1.17. The number of hydrogen-bond acceptors (Lipinski definition) is 1. The minimum atomic E-state index is -1.07. The van der Waals surface area contributed by atoms with E-state index < -0.39 is 172 Å². The van der Waals surface area contributed by atoms with Crippen LogP contribution < -0.4 is 4.90 Å². The van der Waals surface area contributed by atoms with Crippen molar-refractivity contribution in [2.75, 3.05) is 4.90 Å². The summed E-state index contributed by atoms with van der Waals surface area (Å²) in [6.45, 7) is 3.95. The van der Waals surface area contributed by atoms with Gasteiger partial charge in [-0.25, -0.2) is 0 Å². The van der Waals surface area contributed by atoms with Crippen molar-refractivity contribution in [3.05, 3.63) is 247 Å². The summed E-state index contributed by atoms with van der Waals surface area (Å²) in [6, 6.07) is 15.2. The van der Waals surface area contributed by atoms with Gasteiger partial charge in [0.2, 0.25) is 0 Å². The van der Waals surface area contributed by atoms with Crippen molar-refractivity contribution in [1.82, 2.24) is 0 Å². The molecule has 1 aliphatic carbocycles. The molecule has 1 heteroatoms. The summed E-state index contributed by atoms with van der Waals surface area (Å²) in [6.07, 6.45) is 0. The zero-order chi connectivity index (χ0) is 59.9. The van der Waals surface area contributed by atoms with Gasteiger partial charge in [-0.05, 0) is 137 Å². The first-order valence-corrected chi connectivity index (χ1v) is 19.9. The van der Waals surface area contributed by atoms with Gasteiger partial charge >= 0.3 is 0 Å². The molecule has 1 aliphatic rings. The van der Waals surface area contributed by atoms with Crippen molar-refractivity contribution in [2.45, 2.75) is 19.3 Å². The van der Waals surface area contributed by atoms with E-state index in [2.05, 4.69) is 0 Å². The zero-order valence-electron chi connectivity index (χ0n) is 54.3. The van der Waals surface area contributed by atoms with Crippen LogP contribution in [0.5, 0.6) is 0 Å². The molecule has 0 N–H and O–H groups in total. The Morgan fingerprint density at radius 2 is 0.790 bits per heavy atom. The largest absolute Gasteiger partial charge is 0.311 e. The third-order valence-corrected chi connectivity index (χ3v) is 11.2. The van der Waals surface area contributed by atoms with Crippen LogP contribution in [0.25, 0.3) is 77.5 Å². The maximum absolute atomic E-state index is 9.83. The van der Waals surface area contributed by atoms with Gasteiger partial charge < -0.3 is 4.90 Å². The number of nitrogens with zero attached hydrogens (tertiary/aromatic N) is 1. The molecular formula is C61H45N. The van der Waals surface area contributed by atoms with E-state index in [1.54, 1.807) is 30.3 Å². The third-order valence-electron chi connectivity index (χ3n) is 11.2. The predicted octanol–water partition coefficient (Wildman–Crippen LogP) is 17.0. The second-order valence-electron chi connectivity index (χ2n) is 15.3. The van der Waals surface area contributed by atoms with Crippen LogP contribution in [-0.2, 0) is 5.41 Å². The second-order valence-corrected chi connectivity index (χ2v) is 15.3. The van der Waals surface area contributed by atoms with Crippen LogP contribution in [0.15, 0.2) is 236 Å². The highest BCUT2D eigenvalue weighted by atomic mass is 15.1. The molecule has 0 aromatic heterocycles. The van der Waals surface area contributed by atoms with E-state index in [1.807, 2.05) is 92.7 Å². The molecular weight excluding hydrogens is 747 g/mol. The Hall–Kier alpha value is -7.74. The summed E-state index contributed by atoms with van der Waals surface area (Å²) in [5, 5.41) is 1.94. The SMILES string of the molecule is [2H]c1c([2H])c([2H])c(-c2c([2H])c([2H])c(-c3c([2H])c([2H])c(N(c4c([2H])c([2H])c(-c5cccc(-c6ccc7ccccc7c6)c5)c([2H])c4[2H])c4c([2H])c([2H])c(-c5cccc6c5C(C)(C)c5ccccc5-6)c([2H])c4[2H])c([2H])c3[2H])c([2H])c2[2H])c([2H])c1[2H]. The van der Waals surface area contributed by atoms with Crippen LogP contribution in [0.3, 0.4) is 0 Å². The zero-order valence-corrected chi connectivity index (χ0v) is 33.3. The normalized spacial score (nSPS) is 17.2. The fourth-order valence-corrected chi connectivity index (χ4v) is 8.21. The summed E-state index contributed by atoms with van der Waals surface area (Å²) in [4.78, 5) is 0.650. The number of benzene rings is 10. The summed E-state index contributed by atoms with van der Waals surface area (Å²) < 4.78 is 194. The first-order valence-electron chi connectivity index (χ1n) is 30.4. The van der Waals surface area contributed by atoms with Crippen molar-refractivity contribution in [2.24, 2.45) is 0 Å². The van der Waals surface area contributed by atoms with Gasteiger partial charge in [-0.2, -0.15) is 0 Å². The fraction of sp³-hybridized carbons (Fsp3) is 0.0492. The van der Waals surface area contributed by atoms with E-state index in [0.717, 1.165) is 33.0 Å². The lowest BCUT2D eigenvalue weighted by molar-refractivity contribution is 0.662. The molecule has 0 atom stereocenters. The van der Waals surface area contributed by atoms with Crippen LogP contribution in [0.2, 0.25) is 0 Å². The lowest BCUT2D eigenvalue weighted by atomic mass is 9.79. The number of anilines is 3. The van der Waals surface area contributed by atoms with Gasteiger partial charge in [0.15, 0.2) is 0 Å². The van der Waals surface area contributed by atoms with Gasteiger partial charge in [0, 0.05) is 22.5 Å². The quantitative estimate of drug-likeness (QED) is 0.148. The Bertz CT molecular complexity index is 4370. The molecule has 0 bridgehead atoms. The number of hydrogen-bond donors (Lipinski definition) is 0. The molecule has 10 aromatic carbocycles. The average Bonchev–Trinajstić information content (AvgIpc) is 1.81. The maximum atomic E-state index is 9.83. The monoisotopic (exact) mass is 812 g/mol. The lowest BCUT2D eigenvalue weighted by Gasteiger charge is -2.27. The lowest BCUT2D eigenvalue weighted by Crippen LogP contribution is -2.16. The maximum Gasteiger partial charge on any atom is 0.0645 e. The Morgan fingerprint density at radius 3 is 1.44 bits per heavy atom. The smallest absolute Gasteiger partial charge is 0.0645 e. The van der Waals surface area contributed by atoms with E-state index in [1.165, 1.54) is 0 Å². The van der Waals surface area contributed by atoms with E-state index >= 15 is 0 Å². The van der Waals surface area contributed by atoms with Crippen molar-refractivity contribution in [3.8, 4) is 66.8 Å². The molecule has 0 heterocycles. The fourth-order valence-electron chi connectivity index (χ4n) is 8.21. The Morgan fingerprint density at radius 1 is 0.339 bits per heavy atom.